The van der Waals surface area contributed by atoms with Gasteiger partial charge in [0.15, 0.2) is 11.6 Å². The maximum absolute atomic E-state index is 10.1. The summed E-state index contributed by atoms with van der Waals surface area (Å²) in [6, 6.07) is 0. The lowest BCUT2D eigenvalue weighted by Crippen LogP contribution is -2.49. The van der Waals surface area contributed by atoms with Crippen molar-refractivity contribution in [3.63, 3.8) is 0 Å². The minimum Gasteiger partial charge on any atom is -0.396 e. The van der Waals surface area contributed by atoms with Gasteiger partial charge >= 0.3 is 0 Å². The summed E-state index contributed by atoms with van der Waals surface area (Å²) in [5.41, 5.74) is -0.990. The Hall–Kier alpha value is -0.500. The summed E-state index contributed by atoms with van der Waals surface area (Å²) in [6.07, 6.45) is 18.3. The number of unbranched alkanes of at least 4 members (excludes halogenated alkanes) is 8. The monoisotopic (exact) mass is 472 g/mol. The molecule has 0 aromatic rings. The van der Waals surface area contributed by atoms with Crippen LogP contribution in [0, 0.1) is 5.92 Å². The molecule has 196 valence electrons. The Kier molecular flexibility index (Phi) is 15.0. The van der Waals surface area contributed by atoms with Crippen molar-refractivity contribution < 1.29 is 29.5 Å². The first-order chi connectivity index (χ1) is 15.7. The molecule has 0 aromatic carbocycles. The highest BCUT2D eigenvalue weighted by atomic mass is 16.7. The van der Waals surface area contributed by atoms with Crippen molar-refractivity contribution in [1.82, 2.24) is 0 Å². The van der Waals surface area contributed by atoms with Gasteiger partial charge in [-0.05, 0) is 39.5 Å². The van der Waals surface area contributed by atoms with E-state index in [1.165, 1.54) is 38.5 Å². The second kappa shape index (κ2) is 16.2. The first-order valence-electron chi connectivity index (χ1n) is 13.3. The van der Waals surface area contributed by atoms with Gasteiger partial charge in [-0.3, -0.25) is 0 Å². The highest BCUT2D eigenvalue weighted by Crippen LogP contribution is 2.33. The largest absolute Gasteiger partial charge is 0.396 e. The topological polar surface area (TPSA) is 88.4 Å². The highest BCUT2D eigenvalue weighted by Gasteiger charge is 2.39. The summed E-state index contributed by atoms with van der Waals surface area (Å²) in [5.74, 6) is -1.84. The van der Waals surface area contributed by atoms with Crippen molar-refractivity contribution in [2.24, 2.45) is 5.92 Å². The lowest BCUT2D eigenvalue weighted by Gasteiger charge is -2.40. The molecule has 0 unspecified atom stereocenters. The predicted molar refractivity (Wildman–Crippen MR) is 133 cm³/mol. The molecule has 2 atom stereocenters. The molecular formula is C27H52O6. The molecule has 0 amide bonds. The van der Waals surface area contributed by atoms with Gasteiger partial charge in [0.05, 0.1) is 19.8 Å². The van der Waals surface area contributed by atoms with Crippen LogP contribution < -0.4 is 0 Å². The molecule has 1 rings (SSSR count). The Balaban J connectivity index is 2.32. The number of aliphatic hydroxyl groups excluding tert-OH is 2. The van der Waals surface area contributed by atoms with Crippen LogP contribution in [0.5, 0.6) is 0 Å². The molecule has 0 spiro atoms. The van der Waals surface area contributed by atoms with E-state index < -0.39 is 11.4 Å². The van der Waals surface area contributed by atoms with E-state index in [1.54, 1.807) is 13.8 Å². The van der Waals surface area contributed by atoms with Crippen molar-refractivity contribution in [3.8, 4) is 0 Å². The van der Waals surface area contributed by atoms with E-state index in [1.807, 2.05) is 13.0 Å². The van der Waals surface area contributed by atoms with E-state index in [2.05, 4.69) is 13.0 Å². The third kappa shape index (κ3) is 12.1. The molecule has 1 fully saturated rings. The van der Waals surface area contributed by atoms with Gasteiger partial charge in [-0.1, -0.05) is 64.5 Å². The van der Waals surface area contributed by atoms with E-state index in [0.717, 1.165) is 51.7 Å². The fraction of sp³-hybridized carbons (Fsp3) is 0.926. The number of ether oxygens (including phenoxy) is 3. The minimum absolute atomic E-state index is 0.109. The Morgan fingerprint density at radius 2 is 1.52 bits per heavy atom. The maximum Gasteiger partial charge on any atom is 0.168 e. The Labute approximate surface area is 202 Å². The van der Waals surface area contributed by atoms with E-state index in [-0.39, 0.29) is 31.3 Å². The third-order valence-corrected chi connectivity index (χ3v) is 6.66. The first kappa shape index (κ1) is 30.5. The molecule has 0 aliphatic carbocycles. The van der Waals surface area contributed by atoms with E-state index in [4.69, 9.17) is 14.2 Å². The number of hydrogen-bond donors (Lipinski definition) is 3. The van der Waals surface area contributed by atoms with Crippen LogP contribution in [-0.4, -0.2) is 58.9 Å². The third-order valence-electron chi connectivity index (χ3n) is 6.66. The number of aliphatic hydroxyl groups is 3. The van der Waals surface area contributed by atoms with Crippen LogP contribution in [0.3, 0.4) is 0 Å². The zero-order valence-corrected chi connectivity index (χ0v) is 21.8. The van der Waals surface area contributed by atoms with E-state index >= 15 is 0 Å². The normalized spacial score (nSPS) is 19.2. The Bertz CT molecular complexity index is 509. The number of hydrogen-bond acceptors (Lipinski definition) is 6. The standard InChI is InChI=1S/C27H52O6/c1-5-6-7-11-14-17-27(31-21-22-32-27)18-15-12-9-8-10-13-16-24(2)26(23-29,19-20-28)33-25(3,4)30/h13,16,24,28-30H,5-12,14-15,17-23H2,1-4H3/b16-13+/t24-,26+/m0/s1. The Morgan fingerprint density at radius 1 is 0.939 bits per heavy atom. The molecule has 1 aliphatic rings. The van der Waals surface area contributed by atoms with Gasteiger partial charge < -0.3 is 29.5 Å². The fourth-order valence-electron chi connectivity index (χ4n) is 4.71. The summed E-state index contributed by atoms with van der Waals surface area (Å²) in [6.45, 7) is 8.37. The van der Waals surface area contributed by atoms with Gasteiger partial charge in [0.25, 0.3) is 0 Å². The smallest absolute Gasteiger partial charge is 0.168 e. The molecule has 6 heteroatoms. The first-order valence-corrected chi connectivity index (χ1v) is 13.3. The van der Waals surface area contributed by atoms with E-state index in [9.17, 15) is 15.3 Å². The van der Waals surface area contributed by atoms with Crippen molar-refractivity contribution in [1.29, 1.82) is 0 Å². The van der Waals surface area contributed by atoms with Crippen LogP contribution >= 0.6 is 0 Å². The second-order valence-electron chi connectivity index (χ2n) is 10.2. The molecule has 1 saturated heterocycles. The quantitative estimate of drug-likeness (QED) is 0.123. The molecule has 33 heavy (non-hydrogen) atoms. The summed E-state index contributed by atoms with van der Waals surface area (Å²) in [4.78, 5) is 0. The molecule has 0 radical (unpaired) electrons. The van der Waals surface area contributed by atoms with Gasteiger partial charge in [-0.15, -0.1) is 0 Å². The summed E-state index contributed by atoms with van der Waals surface area (Å²) >= 11 is 0. The van der Waals surface area contributed by atoms with Gasteiger partial charge in [-0.2, -0.15) is 0 Å². The van der Waals surface area contributed by atoms with Crippen molar-refractivity contribution >= 4 is 0 Å². The fourth-order valence-corrected chi connectivity index (χ4v) is 4.71. The van der Waals surface area contributed by atoms with Crippen LogP contribution in [-0.2, 0) is 14.2 Å². The minimum atomic E-state index is -1.38. The van der Waals surface area contributed by atoms with Crippen molar-refractivity contribution in [2.45, 2.75) is 128 Å². The molecule has 0 saturated carbocycles. The average Bonchev–Trinajstić information content (AvgIpc) is 3.22. The number of allylic oxidation sites excluding steroid dienone is 1. The predicted octanol–water partition coefficient (Wildman–Crippen LogP) is 5.48. The molecule has 3 N–H and O–H groups in total. The van der Waals surface area contributed by atoms with Crippen LogP contribution in [0.25, 0.3) is 0 Å². The highest BCUT2D eigenvalue weighted by molar-refractivity contribution is 4.99. The lowest BCUT2D eigenvalue weighted by atomic mass is 9.85. The zero-order chi connectivity index (χ0) is 24.6. The van der Waals surface area contributed by atoms with Crippen LogP contribution in [0.1, 0.15) is 111 Å². The average molecular weight is 473 g/mol. The molecule has 6 nitrogen and oxygen atoms in total. The van der Waals surface area contributed by atoms with Crippen molar-refractivity contribution in [2.75, 3.05) is 26.4 Å². The summed E-state index contributed by atoms with van der Waals surface area (Å²) in [7, 11) is 0. The van der Waals surface area contributed by atoms with Gasteiger partial charge in [0, 0.05) is 31.8 Å². The zero-order valence-electron chi connectivity index (χ0n) is 21.8. The molecule has 0 bridgehead atoms. The molecule has 1 heterocycles. The molecular weight excluding hydrogens is 420 g/mol. The summed E-state index contributed by atoms with van der Waals surface area (Å²) in [5, 5.41) is 29.5. The second-order valence-corrected chi connectivity index (χ2v) is 10.2. The van der Waals surface area contributed by atoms with Gasteiger partial charge in [0.1, 0.15) is 5.60 Å². The van der Waals surface area contributed by atoms with Gasteiger partial charge in [-0.25, -0.2) is 0 Å². The van der Waals surface area contributed by atoms with Crippen LogP contribution in [0.2, 0.25) is 0 Å². The Morgan fingerprint density at radius 3 is 2.03 bits per heavy atom. The van der Waals surface area contributed by atoms with Crippen LogP contribution in [0.4, 0.5) is 0 Å². The maximum atomic E-state index is 10.1. The SMILES string of the molecule is CCCCCCCC1(CCCCCC/C=C/[C@H](C)[C@](CO)(CCO)OC(C)(C)O)OCCO1. The molecule has 1 aliphatic heterocycles. The molecule has 0 aromatic heterocycles. The van der Waals surface area contributed by atoms with E-state index in [0.29, 0.717) is 0 Å². The summed E-state index contributed by atoms with van der Waals surface area (Å²) < 4.78 is 17.8. The number of rotatable bonds is 20. The lowest BCUT2D eigenvalue weighted by molar-refractivity contribution is -0.268. The van der Waals surface area contributed by atoms with Crippen molar-refractivity contribution in [3.05, 3.63) is 12.2 Å². The van der Waals surface area contributed by atoms with Crippen LogP contribution in [0.15, 0.2) is 12.2 Å². The van der Waals surface area contributed by atoms with Gasteiger partial charge in [0.2, 0.25) is 0 Å².